The van der Waals surface area contributed by atoms with Crippen LogP contribution in [0.4, 0.5) is 11.8 Å². The van der Waals surface area contributed by atoms with E-state index in [-0.39, 0.29) is 0 Å². The van der Waals surface area contributed by atoms with Crippen molar-refractivity contribution in [3.63, 3.8) is 0 Å². The Morgan fingerprint density at radius 2 is 1.50 bits per heavy atom. The third kappa shape index (κ3) is 3.68. The van der Waals surface area contributed by atoms with Crippen LogP contribution in [0.25, 0.3) is 0 Å². The van der Waals surface area contributed by atoms with Crippen LogP contribution in [0.3, 0.4) is 0 Å². The van der Waals surface area contributed by atoms with Crippen molar-refractivity contribution >= 4 is 11.8 Å². The number of nitrogens with one attached hydrogen (secondary N) is 1. The Hall–Kier alpha value is -1.36. The Bertz CT molecular complexity index is 597. The quantitative estimate of drug-likeness (QED) is 0.804. The number of nitrogen functional groups attached to an aromatic ring is 1. The summed E-state index contributed by atoms with van der Waals surface area (Å²) < 4.78 is 0. The van der Waals surface area contributed by atoms with Gasteiger partial charge in [-0.2, -0.15) is 4.98 Å². The number of nitrogens with zero attached hydrogens (tertiary/aromatic N) is 3. The Labute approximate surface area is 158 Å². The molecule has 5 nitrogen and oxygen atoms in total. The lowest BCUT2D eigenvalue weighted by Gasteiger charge is -2.37. The summed E-state index contributed by atoms with van der Waals surface area (Å²) in [6.45, 7) is 4.51. The van der Waals surface area contributed by atoms with Crippen LogP contribution in [0.1, 0.15) is 81.9 Å². The molecule has 0 aromatic carbocycles. The molecule has 1 spiro atoms. The molecule has 0 atom stereocenters. The summed E-state index contributed by atoms with van der Waals surface area (Å²) >= 11 is 0. The van der Waals surface area contributed by atoms with E-state index in [2.05, 4.69) is 10.2 Å². The van der Waals surface area contributed by atoms with Gasteiger partial charge in [-0.3, -0.25) is 0 Å². The molecule has 0 unspecified atom stereocenters. The second-order valence-corrected chi connectivity index (χ2v) is 8.58. The molecule has 1 aromatic heterocycles. The molecule has 26 heavy (non-hydrogen) atoms. The monoisotopic (exact) mass is 357 g/mol. The molecule has 1 saturated heterocycles. The van der Waals surface area contributed by atoms with E-state index in [0.29, 0.717) is 11.4 Å². The fourth-order valence-corrected chi connectivity index (χ4v) is 5.41. The van der Waals surface area contributed by atoms with Crippen LogP contribution < -0.4 is 16.0 Å². The molecule has 2 aliphatic carbocycles. The average Bonchev–Trinajstić information content (AvgIpc) is 3.08. The number of fused-ring (bicyclic) bond motifs is 2. The first kappa shape index (κ1) is 18.0. The molecule has 3 N–H and O–H groups in total. The van der Waals surface area contributed by atoms with Crippen LogP contribution in [0.5, 0.6) is 0 Å². The van der Waals surface area contributed by atoms with Crippen molar-refractivity contribution in [2.24, 2.45) is 0 Å². The highest BCUT2D eigenvalue weighted by molar-refractivity contribution is 5.55. The summed E-state index contributed by atoms with van der Waals surface area (Å²) in [6.07, 6.45) is 15.2. The molecule has 3 aliphatic rings. The smallest absolute Gasteiger partial charge is 0.222 e. The van der Waals surface area contributed by atoms with Crippen molar-refractivity contribution in [1.29, 1.82) is 0 Å². The fourth-order valence-electron chi connectivity index (χ4n) is 5.41. The fraction of sp³-hybridized carbons (Fsp3) is 0.810. The van der Waals surface area contributed by atoms with Crippen molar-refractivity contribution in [1.82, 2.24) is 15.3 Å². The number of rotatable bonds is 1. The van der Waals surface area contributed by atoms with Crippen LogP contribution in [0, 0.1) is 0 Å². The highest BCUT2D eigenvalue weighted by Crippen LogP contribution is 2.49. The Morgan fingerprint density at radius 1 is 0.808 bits per heavy atom. The maximum Gasteiger partial charge on any atom is 0.222 e. The van der Waals surface area contributed by atoms with E-state index in [1.54, 1.807) is 0 Å². The molecule has 2 heterocycles. The normalized spacial score (nSPS) is 24.2. The summed E-state index contributed by atoms with van der Waals surface area (Å²) in [5, 5.41) is 3.57. The number of nitrogens with two attached hydrogens (primary N) is 1. The maximum atomic E-state index is 6.23. The lowest BCUT2D eigenvalue weighted by atomic mass is 9.71. The molecule has 1 saturated carbocycles. The lowest BCUT2D eigenvalue weighted by Crippen LogP contribution is -2.34. The highest BCUT2D eigenvalue weighted by Gasteiger charge is 2.42. The number of anilines is 2. The van der Waals surface area contributed by atoms with Crippen molar-refractivity contribution < 1.29 is 0 Å². The van der Waals surface area contributed by atoms with Crippen LogP contribution in [-0.4, -0.2) is 36.1 Å². The summed E-state index contributed by atoms with van der Waals surface area (Å²) in [4.78, 5) is 12.2. The standard InChI is InChI=1S/C21H35N5/c22-20-24-18-17(9-8-12-21(18)10-2-3-11-21)19(25-20)26-15-6-1-4-13-23-14-5-7-16-26/h23H,1-16H2,(H2,22,24,25). The molecule has 0 bridgehead atoms. The second kappa shape index (κ2) is 8.12. The maximum absolute atomic E-state index is 6.23. The topological polar surface area (TPSA) is 67.1 Å². The minimum Gasteiger partial charge on any atom is -0.368 e. The van der Waals surface area contributed by atoms with E-state index in [1.807, 2.05) is 0 Å². The Morgan fingerprint density at radius 3 is 2.31 bits per heavy atom. The third-order valence-electron chi connectivity index (χ3n) is 6.76. The van der Waals surface area contributed by atoms with Gasteiger partial charge in [0, 0.05) is 24.1 Å². The largest absolute Gasteiger partial charge is 0.368 e. The van der Waals surface area contributed by atoms with Crippen LogP contribution in [-0.2, 0) is 11.8 Å². The zero-order valence-corrected chi connectivity index (χ0v) is 16.2. The minimum absolute atomic E-state index is 0.303. The highest BCUT2D eigenvalue weighted by atomic mass is 15.2. The molecule has 1 aromatic rings. The van der Waals surface area contributed by atoms with Gasteiger partial charge >= 0.3 is 0 Å². The number of hydrogen-bond donors (Lipinski definition) is 2. The zero-order valence-electron chi connectivity index (χ0n) is 16.2. The first-order chi connectivity index (χ1) is 12.8. The predicted octanol–water partition coefficient (Wildman–Crippen LogP) is 3.57. The molecule has 4 rings (SSSR count). The number of hydrogen-bond acceptors (Lipinski definition) is 5. The summed E-state index contributed by atoms with van der Waals surface area (Å²) in [5.41, 5.74) is 9.29. The van der Waals surface area contributed by atoms with E-state index in [0.717, 1.165) is 26.1 Å². The Kier molecular flexibility index (Phi) is 5.63. The van der Waals surface area contributed by atoms with E-state index >= 15 is 0 Å². The molecule has 1 aliphatic heterocycles. The van der Waals surface area contributed by atoms with Gasteiger partial charge in [-0.15, -0.1) is 0 Å². The molecule has 0 amide bonds. The van der Waals surface area contributed by atoms with Gasteiger partial charge < -0.3 is 16.0 Å². The molecule has 5 heteroatoms. The molecular formula is C21H35N5. The van der Waals surface area contributed by atoms with E-state index in [4.69, 9.17) is 15.7 Å². The first-order valence-electron chi connectivity index (χ1n) is 10.9. The van der Waals surface area contributed by atoms with Gasteiger partial charge in [0.25, 0.3) is 0 Å². The predicted molar refractivity (Wildman–Crippen MR) is 108 cm³/mol. The van der Waals surface area contributed by atoms with Crippen molar-refractivity contribution in [3.8, 4) is 0 Å². The molecule has 0 radical (unpaired) electrons. The van der Waals surface area contributed by atoms with Gasteiger partial charge in [-0.25, -0.2) is 4.98 Å². The van der Waals surface area contributed by atoms with Gasteiger partial charge in [-0.1, -0.05) is 19.3 Å². The van der Waals surface area contributed by atoms with Gasteiger partial charge in [0.1, 0.15) is 5.82 Å². The minimum atomic E-state index is 0.303. The number of aromatic nitrogens is 2. The first-order valence-corrected chi connectivity index (χ1v) is 10.9. The summed E-state index contributed by atoms with van der Waals surface area (Å²) in [6, 6.07) is 0. The zero-order chi connectivity index (χ0) is 17.8. The van der Waals surface area contributed by atoms with Crippen molar-refractivity contribution in [2.75, 3.05) is 36.8 Å². The van der Waals surface area contributed by atoms with E-state index in [1.165, 1.54) is 94.2 Å². The summed E-state index contributed by atoms with van der Waals surface area (Å²) in [5.74, 6) is 1.66. The van der Waals surface area contributed by atoms with E-state index < -0.39 is 0 Å². The summed E-state index contributed by atoms with van der Waals surface area (Å²) in [7, 11) is 0. The van der Waals surface area contributed by atoms with Gasteiger partial charge in [0.05, 0.1) is 5.69 Å². The van der Waals surface area contributed by atoms with Crippen LogP contribution in [0.15, 0.2) is 0 Å². The van der Waals surface area contributed by atoms with Crippen LogP contribution >= 0.6 is 0 Å². The SMILES string of the molecule is Nc1nc(N2CCCCCNCCCC2)c2c(n1)C1(CCCC1)CCC2. The van der Waals surface area contributed by atoms with Gasteiger partial charge in [0.2, 0.25) is 5.95 Å². The van der Waals surface area contributed by atoms with E-state index in [9.17, 15) is 0 Å². The van der Waals surface area contributed by atoms with Crippen molar-refractivity contribution in [3.05, 3.63) is 11.3 Å². The third-order valence-corrected chi connectivity index (χ3v) is 6.76. The molecular weight excluding hydrogens is 322 g/mol. The van der Waals surface area contributed by atoms with Crippen LogP contribution in [0.2, 0.25) is 0 Å². The van der Waals surface area contributed by atoms with Gasteiger partial charge in [0.15, 0.2) is 0 Å². The second-order valence-electron chi connectivity index (χ2n) is 8.58. The Balaban J connectivity index is 1.65. The molecule has 2 fully saturated rings. The van der Waals surface area contributed by atoms with Gasteiger partial charge in [-0.05, 0) is 70.9 Å². The average molecular weight is 358 g/mol. The molecule has 144 valence electrons. The lowest BCUT2D eigenvalue weighted by molar-refractivity contribution is 0.357. The van der Waals surface area contributed by atoms with Crippen molar-refractivity contribution in [2.45, 2.75) is 82.5 Å².